The molecule has 3 heterocycles. The van der Waals surface area contributed by atoms with Gasteiger partial charge in [-0.05, 0) is 88.2 Å². The average molecular weight is 633 g/mol. The van der Waals surface area contributed by atoms with Crippen molar-refractivity contribution in [2.75, 3.05) is 4.90 Å². The molecule has 0 bridgehead atoms. The molecule has 228 valence electrons. The van der Waals surface area contributed by atoms with Crippen LogP contribution in [0.3, 0.4) is 0 Å². The van der Waals surface area contributed by atoms with Crippen LogP contribution in [-0.4, -0.2) is 12.6 Å². The van der Waals surface area contributed by atoms with Gasteiger partial charge in [0, 0.05) is 38.6 Å². The number of rotatable bonds is 4. The zero-order chi connectivity index (χ0) is 32.0. The first kappa shape index (κ1) is 27.3. The third-order valence-corrected chi connectivity index (χ3v) is 13.9. The Hall–Kier alpha value is -5.84. The van der Waals surface area contributed by atoms with E-state index in [-0.39, 0.29) is 0 Å². The smallest absolute Gasteiger partial charge is 0.136 e. The number of fused-ring (bicyclic) bond motifs is 10. The molecule has 0 amide bonds. The highest BCUT2D eigenvalue weighted by Gasteiger charge is 2.40. The van der Waals surface area contributed by atoms with Gasteiger partial charge in [-0.3, -0.25) is 0 Å². The van der Waals surface area contributed by atoms with E-state index in [0.29, 0.717) is 0 Å². The first-order valence-corrected chi connectivity index (χ1v) is 19.6. The number of furan rings is 1. The Bertz CT molecular complexity index is 2700. The molecule has 0 fully saturated rings. The van der Waals surface area contributed by atoms with E-state index in [0.717, 1.165) is 22.5 Å². The van der Waals surface area contributed by atoms with Crippen LogP contribution in [0, 0.1) is 0 Å². The Labute approximate surface area is 279 Å². The molecule has 2 aromatic heterocycles. The maximum absolute atomic E-state index is 6.35. The molecule has 10 rings (SSSR count). The molecule has 3 nitrogen and oxygen atoms in total. The lowest BCUT2D eigenvalue weighted by Crippen LogP contribution is -2.49. The molecule has 0 saturated carbocycles. The first-order valence-electron chi connectivity index (χ1n) is 16.6. The number of nitrogens with zero attached hydrogens (tertiary/aromatic N) is 2. The lowest BCUT2D eigenvalue weighted by atomic mass is 9.99. The largest absolute Gasteiger partial charge is 0.456 e. The van der Waals surface area contributed by atoms with Gasteiger partial charge in [0.25, 0.3) is 0 Å². The van der Waals surface area contributed by atoms with E-state index in [1.807, 2.05) is 0 Å². The van der Waals surface area contributed by atoms with E-state index in [1.165, 1.54) is 65.5 Å². The van der Waals surface area contributed by atoms with E-state index in [9.17, 15) is 0 Å². The Kier molecular flexibility index (Phi) is 5.73. The van der Waals surface area contributed by atoms with Gasteiger partial charge in [0.05, 0.1) is 16.7 Å². The van der Waals surface area contributed by atoms with Crippen LogP contribution in [0.4, 0.5) is 17.1 Å². The van der Waals surface area contributed by atoms with E-state index in [1.54, 1.807) is 0 Å². The molecule has 0 spiro atoms. The molecule has 0 N–H and O–H groups in total. The summed E-state index contributed by atoms with van der Waals surface area (Å²) in [6.45, 7) is 4.99. The van der Waals surface area contributed by atoms with Crippen LogP contribution in [0.5, 0.6) is 0 Å². The minimum Gasteiger partial charge on any atom is -0.456 e. The maximum Gasteiger partial charge on any atom is 0.136 e. The Morgan fingerprint density at radius 1 is 0.521 bits per heavy atom. The normalized spacial score (nSPS) is 13.4. The van der Waals surface area contributed by atoms with Crippen molar-refractivity contribution in [3.63, 3.8) is 0 Å². The minimum atomic E-state index is -2.05. The predicted molar refractivity (Wildman–Crippen MR) is 205 cm³/mol. The summed E-state index contributed by atoms with van der Waals surface area (Å²) in [7, 11) is -2.05. The second-order valence-electron chi connectivity index (χ2n) is 13.3. The molecule has 0 aliphatic carbocycles. The molecule has 0 radical (unpaired) electrons. The van der Waals surface area contributed by atoms with Crippen LogP contribution in [0.25, 0.3) is 60.6 Å². The van der Waals surface area contributed by atoms with E-state index >= 15 is 0 Å². The summed E-state index contributed by atoms with van der Waals surface area (Å²) in [4.78, 5) is 2.46. The van der Waals surface area contributed by atoms with Gasteiger partial charge in [-0.15, -0.1) is 0 Å². The fourth-order valence-electron chi connectivity index (χ4n) is 8.22. The van der Waals surface area contributed by atoms with Crippen LogP contribution in [0.2, 0.25) is 13.1 Å². The Morgan fingerprint density at radius 3 is 2.06 bits per heavy atom. The first-order chi connectivity index (χ1) is 23.6. The van der Waals surface area contributed by atoms with Crippen LogP contribution >= 0.6 is 0 Å². The highest BCUT2D eigenvalue weighted by atomic mass is 28.3. The zero-order valence-corrected chi connectivity index (χ0v) is 27.8. The van der Waals surface area contributed by atoms with Crippen molar-refractivity contribution >= 4 is 79.3 Å². The van der Waals surface area contributed by atoms with Crippen molar-refractivity contribution in [2.24, 2.45) is 0 Å². The fourth-order valence-corrected chi connectivity index (χ4v) is 11.3. The van der Waals surface area contributed by atoms with E-state index < -0.39 is 8.07 Å². The SMILES string of the molecule is C[Si]1(C)c2cc(N(c3ccccc3)c3cccc4c3c3ccccc3n4-c3ccccc3)ccc2-c2c1ccc1oc3ccccc3c21. The lowest BCUT2D eigenvalue weighted by molar-refractivity contribution is 0.669. The maximum atomic E-state index is 6.35. The van der Waals surface area contributed by atoms with Crippen molar-refractivity contribution < 1.29 is 4.42 Å². The topological polar surface area (TPSA) is 21.3 Å². The second kappa shape index (κ2) is 10.1. The van der Waals surface area contributed by atoms with Gasteiger partial charge >= 0.3 is 0 Å². The number of para-hydroxylation sites is 4. The predicted octanol–water partition coefficient (Wildman–Crippen LogP) is 11.0. The van der Waals surface area contributed by atoms with Gasteiger partial charge in [-0.25, -0.2) is 0 Å². The molecule has 0 saturated heterocycles. The van der Waals surface area contributed by atoms with Crippen molar-refractivity contribution in [1.82, 2.24) is 4.57 Å². The quantitative estimate of drug-likeness (QED) is 0.180. The van der Waals surface area contributed by atoms with Gasteiger partial charge in [0.15, 0.2) is 0 Å². The van der Waals surface area contributed by atoms with Crippen molar-refractivity contribution in [3.05, 3.63) is 158 Å². The second-order valence-corrected chi connectivity index (χ2v) is 17.7. The molecule has 7 aromatic carbocycles. The summed E-state index contributed by atoms with van der Waals surface area (Å²) in [6, 6.07) is 57.2. The highest BCUT2D eigenvalue weighted by Crippen LogP contribution is 2.45. The summed E-state index contributed by atoms with van der Waals surface area (Å²) in [5.74, 6) is 0. The van der Waals surface area contributed by atoms with Crippen LogP contribution in [-0.2, 0) is 0 Å². The van der Waals surface area contributed by atoms with Gasteiger partial charge in [0.1, 0.15) is 19.2 Å². The molecular weight excluding hydrogens is 601 g/mol. The summed E-state index contributed by atoms with van der Waals surface area (Å²) in [5, 5.41) is 7.87. The average Bonchev–Trinajstić information content (AvgIpc) is 3.75. The fraction of sp³-hybridized carbons (Fsp3) is 0.0455. The van der Waals surface area contributed by atoms with Gasteiger partial charge in [0.2, 0.25) is 0 Å². The number of hydrogen-bond acceptors (Lipinski definition) is 2. The molecule has 1 aliphatic heterocycles. The molecule has 4 heteroatoms. The Morgan fingerprint density at radius 2 is 1.23 bits per heavy atom. The number of benzene rings is 7. The third-order valence-electron chi connectivity index (χ3n) is 10.4. The molecule has 0 atom stereocenters. The van der Waals surface area contributed by atoms with Crippen LogP contribution in [0.1, 0.15) is 0 Å². The summed E-state index contributed by atoms with van der Waals surface area (Å²) in [5.41, 5.74) is 11.6. The summed E-state index contributed by atoms with van der Waals surface area (Å²) < 4.78 is 8.75. The van der Waals surface area contributed by atoms with Crippen molar-refractivity contribution in [3.8, 4) is 16.8 Å². The minimum absolute atomic E-state index is 0.948. The monoisotopic (exact) mass is 632 g/mol. The molecule has 1 aliphatic rings. The molecular formula is C44H32N2OSi. The lowest BCUT2D eigenvalue weighted by Gasteiger charge is -2.28. The highest BCUT2D eigenvalue weighted by molar-refractivity contribution is 7.04. The van der Waals surface area contributed by atoms with E-state index in [4.69, 9.17) is 4.42 Å². The van der Waals surface area contributed by atoms with Crippen molar-refractivity contribution in [2.45, 2.75) is 13.1 Å². The standard InChI is InChI=1S/C44H32N2OSi/c1-48(2)40-27-26-39-43(33-19-10-12-23-38(33)47-39)44(40)34-25-24-31(28-41(34)48)45(29-14-5-3-6-15-29)36-21-13-22-37-42(36)32-18-9-11-20-35(32)46(37)30-16-7-4-8-17-30/h3-28H,1-2H3. The Balaban J connectivity index is 1.24. The molecule has 9 aromatic rings. The molecule has 0 unspecified atom stereocenters. The third kappa shape index (κ3) is 3.75. The van der Waals surface area contributed by atoms with Crippen LogP contribution < -0.4 is 15.3 Å². The van der Waals surface area contributed by atoms with Crippen molar-refractivity contribution in [1.29, 1.82) is 0 Å². The van der Waals surface area contributed by atoms with Gasteiger partial charge in [-0.2, -0.15) is 0 Å². The van der Waals surface area contributed by atoms with Gasteiger partial charge < -0.3 is 13.9 Å². The number of aromatic nitrogens is 1. The number of hydrogen-bond donors (Lipinski definition) is 0. The van der Waals surface area contributed by atoms with E-state index in [2.05, 4.69) is 180 Å². The molecule has 48 heavy (non-hydrogen) atoms. The number of anilines is 3. The summed E-state index contributed by atoms with van der Waals surface area (Å²) >= 11 is 0. The zero-order valence-electron chi connectivity index (χ0n) is 26.8. The summed E-state index contributed by atoms with van der Waals surface area (Å²) in [6.07, 6.45) is 0. The van der Waals surface area contributed by atoms with Gasteiger partial charge in [-0.1, -0.05) is 104 Å². The van der Waals surface area contributed by atoms with Crippen LogP contribution in [0.15, 0.2) is 162 Å².